The molecule has 1 fully saturated rings. The number of ether oxygens (including phenoxy) is 2. The molecule has 1 heterocycles. The molecule has 28 heavy (non-hydrogen) atoms. The van der Waals surface area contributed by atoms with E-state index < -0.39 is 0 Å². The van der Waals surface area contributed by atoms with Gasteiger partial charge in [0, 0.05) is 20.1 Å². The Morgan fingerprint density at radius 3 is 2.46 bits per heavy atom. The molecule has 0 amide bonds. The van der Waals surface area contributed by atoms with Crippen molar-refractivity contribution in [1.29, 1.82) is 0 Å². The molecule has 0 aromatic heterocycles. The predicted octanol–water partition coefficient (Wildman–Crippen LogP) is 3.44. The highest BCUT2D eigenvalue weighted by molar-refractivity contribution is 14.0. The van der Waals surface area contributed by atoms with E-state index in [1.54, 1.807) is 7.05 Å². The van der Waals surface area contributed by atoms with E-state index in [0.717, 1.165) is 37.6 Å². The van der Waals surface area contributed by atoms with Crippen molar-refractivity contribution in [3.8, 4) is 5.75 Å². The van der Waals surface area contributed by atoms with Gasteiger partial charge in [0.2, 0.25) is 0 Å². The number of aliphatic imine (C=N–C) groups is 1. The van der Waals surface area contributed by atoms with Crippen molar-refractivity contribution in [3.63, 3.8) is 0 Å². The molecule has 0 bridgehead atoms. The maximum absolute atomic E-state index is 11.7. The van der Waals surface area contributed by atoms with Gasteiger partial charge < -0.3 is 19.7 Å². The zero-order valence-corrected chi connectivity index (χ0v) is 20.0. The van der Waals surface area contributed by atoms with E-state index in [1.165, 1.54) is 12.7 Å². The minimum Gasteiger partial charge on any atom is -0.491 e. The molecule has 0 aliphatic carbocycles. The third kappa shape index (κ3) is 6.83. The van der Waals surface area contributed by atoms with E-state index in [9.17, 15) is 4.79 Å². The molecule has 1 saturated heterocycles. The first kappa shape index (κ1) is 24.5. The van der Waals surface area contributed by atoms with Crippen LogP contribution in [-0.4, -0.2) is 57.2 Å². The molecule has 0 atom stereocenters. The van der Waals surface area contributed by atoms with Crippen LogP contribution < -0.4 is 10.1 Å². The number of esters is 1. The lowest BCUT2D eigenvalue weighted by atomic mass is 9.86. The smallest absolute Gasteiger partial charge is 0.308 e. The normalized spacial score (nSPS) is 15.6. The van der Waals surface area contributed by atoms with E-state index in [2.05, 4.69) is 42.0 Å². The van der Waals surface area contributed by atoms with Gasteiger partial charge in [-0.1, -0.05) is 39.0 Å². The number of methoxy groups -OCH3 is 1. The quantitative estimate of drug-likeness (QED) is 0.219. The highest BCUT2D eigenvalue weighted by Crippen LogP contribution is 2.30. The SMILES string of the molecule is CN=C(NCCOc1ccccc1C(C)(C)C)N1CCC(C(=O)OC)CC1.I. The van der Waals surface area contributed by atoms with Crippen molar-refractivity contribution in [2.24, 2.45) is 10.9 Å². The predicted molar refractivity (Wildman–Crippen MR) is 124 cm³/mol. The molecule has 1 aromatic carbocycles. The second kappa shape index (κ2) is 11.5. The number of para-hydroxylation sites is 1. The Morgan fingerprint density at radius 1 is 1.25 bits per heavy atom. The molecule has 0 radical (unpaired) electrons. The van der Waals surface area contributed by atoms with Crippen LogP contribution >= 0.6 is 24.0 Å². The molecular formula is C21H34IN3O3. The van der Waals surface area contributed by atoms with Crippen molar-refractivity contribution in [1.82, 2.24) is 10.2 Å². The topological polar surface area (TPSA) is 63.2 Å². The number of guanidine groups is 1. The zero-order valence-electron chi connectivity index (χ0n) is 17.7. The summed E-state index contributed by atoms with van der Waals surface area (Å²) in [4.78, 5) is 18.2. The summed E-state index contributed by atoms with van der Waals surface area (Å²) in [5.41, 5.74) is 1.25. The number of carbonyl (C=O) groups excluding carboxylic acids is 1. The summed E-state index contributed by atoms with van der Waals surface area (Å²) >= 11 is 0. The largest absolute Gasteiger partial charge is 0.491 e. The third-order valence-corrected chi connectivity index (χ3v) is 4.88. The molecule has 1 aliphatic rings. The number of carbonyl (C=O) groups is 1. The number of likely N-dealkylation sites (tertiary alicyclic amines) is 1. The van der Waals surface area contributed by atoms with Crippen LogP contribution in [0.1, 0.15) is 39.2 Å². The van der Waals surface area contributed by atoms with Crippen LogP contribution in [0, 0.1) is 5.92 Å². The van der Waals surface area contributed by atoms with Crippen LogP contribution in [0.15, 0.2) is 29.3 Å². The van der Waals surface area contributed by atoms with Crippen molar-refractivity contribution >= 4 is 35.9 Å². The molecule has 0 saturated carbocycles. The summed E-state index contributed by atoms with van der Waals surface area (Å²) in [6.07, 6.45) is 1.59. The maximum Gasteiger partial charge on any atom is 0.308 e. The molecular weight excluding hydrogens is 469 g/mol. The minimum atomic E-state index is -0.108. The van der Waals surface area contributed by atoms with Gasteiger partial charge in [-0.3, -0.25) is 9.79 Å². The van der Waals surface area contributed by atoms with Crippen LogP contribution in [0.25, 0.3) is 0 Å². The second-order valence-electron chi connectivity index (χ2n) is 7.85. The van der Waals surface area contributed by atoms with Gasteiger partial charge in [-0.25, -0.2) is 0 Å². The fraction of sp³-hybridized carbons (Fsp3) is 0.619. The summed E-state index contributed by atoms with van der Waals surface area (Å²) in [5.74, 6) is 1.68. The Hall–Kier alpha value is -1.51. The van der Waals surface area contributed by atoms with Crippen LogP contribution in [0.5, 0.6) is 5.75 Å². The fourth-order valence-corrected chi connectivity index (χ4v) is 3.36. The number of rotatable bonds is 5. The highest BCUT2D eigenvalue weighted by atomic mass is 127. The van der Waals surface area contributed by atoms with Crippen molar-refractivity contribution < 1.29 is 14.3 Å². The molecule has 0 spiro atoms. The summed E-state index contributed by atoms with van der Waals surface area (Å²) in [6.45, 7) is 9.39. The first-order chi connectivity index (χ1) is 12.9. The van der Waals surface area contributed by atoms with E-state index in [1.807, 2.05) is 18.2 Å². The molecule has 0 unspecified atom stereocenters. The van der Waals surface area contributed by atoms with Crippen LogP contribution in [-0.2, 0) is 14.9 Å². The summed E-state index contributed by atoms with van der Waals surface area (Å²) in [5, 5.41) is 3.36. The number of nitrogens with zero attached hydrogens (tertiary/aromatic N) is 2. The average molecular weight is 503 g/mol. The number of halogens is 1. The lowest BCUT2D eigenvalue weighted by Gasteiger charge is -2.33. The van der Waals surface area contributed by atoms with Gasteiger partial charge in [0.05, 0.1) is 19.6 Å². The summed E-state index contributed by atoms with van der Waals surface area (Å²) in [6, 6.07) is 8.19. The van der Waals surface area contributed by atoms with Gasteiger partial charge in [0.15, 0.2) is 5.96 Å². The zero-order chi connectivity index (χ0) is 19.9. The molecule has 7 heteroatoms. The van der Waals surface area contributed by atoms with E-state index in [0.29, 0.717) is 13.2 Å². The maximum atomic E-state index is 11.7. The van der Waals surface area contributed by atoms with E-state index >= 15 is 0 Å². The van der Waals surface area contributed by atoms with Gasteiger partial charge in [-0.2, -0.15) is 0 Å². The first-order valence-electron chi connectivity index (χ1n) is 9.62. The van der Waals surface area contributed by atoms with Gasteiger partial charge in [0.1, 0.15) is 12.4 Å². The summed E-state index contributed by atoms with van der Waals surface area (Å²) < 4.78 is 10.9. The second-order valence-corrected chi connectivity index (χ2v) is 7.85. The van der Waals surface area contributed by atoms with E-state index in [4.69, 9.17) is 9.47 Å². The third-order valence-electron chi connectivity index (χ3n) is 4.88. The Morgan fingerprint density at radius 2 is 1.89 bits per heavy atom. The molecule has 1 aliphatic heterocycles. The van der Waals surface area contributed by atoms with Crippen molar-refractivity contribution in [2.75, 3.05) is 40.4 Å². The monoisotopic (exact) mass is 503 g/mol. The Labute approximate surface area is 186 Å². The number of piperidine rings is 1. The van der Waals surface area contributed by atoms with Crippen molar-refractivity contribution in [2.45, 2.75) is 39.0 Å². The van der Waals surface area contributed by atoms with E-state index in [-0.39, 0.29) is 41.3 Å². The van der Waals surface area contributed by atoms with Crippen LogP contribution in [0.2, 0.25) is 0 Å². The Balaban J connectivity index is 0.00000392. The minimum absolute atomic E-state index is 0. The fourth-order valence-electron chi connectivity index (χ4n) is 3.36. The first-order valence-corrected chi connectivity index (χ1v) is 9.62. The number of hydrogen-bond donors (Lipinski definition) is 1. The number of nitrogens with one attached hydrogen (secondary N) is 1. The van der Waals surface area contributed by atoms with Gasteiger partial charge >= 0.3 is 5.97 Å². The van der Waals surface area contributed by atoms with Crippen molar-refractivity contribution in [3.05, 3.63) is 29.8 Å². The highest BCUT2D eigenvalue weighted by Gasteiger charge is 2.27. The Kier molecular flexibility index (Phi) is 10.1. The Bertz CT molecular complexity index is 651. The lowest BCUT2D eigenvalue weighted by Crippen LogP contribution is -2.47. The molecule has 158 valence electrons. The molecule has 6 nitrogen and oxygen atoms in total. The molecule has 1 aromatic rings. The van der Waals surface area contributed by atoms with Gasteiger partial charge in [-0.15, -0.1) is 24.0 Å². The standard InChI is InChI=1S/C21H33N3O3.HI/c1-21(2,3)17-8-6-7-9-18(17)27-15-12-23-20(22-4)24-13-10-16(11-14-24)19(25)26-5;/h6-9,16H,10-15H2,1-5H3,(H,22,23);1H. The molecule has 1 N–H and O–H groups in total. The number of benzene rings is 1. The van der Waals surface area contributed by atoms with Crippen LogP contribution in [0.4, 0.5) is 0 Å². The summed E-state index contributed by atoms with van der Waals surface area (Å²) in [7, 11) is 3.23. The lowest BCUT2D eigenvalue weighted by molar-refractivity contribution is -0.146. The average Bonchev–Trinajstić information content (AvgIpc) is 2.67. The number of hydrogen-bond acceptors (Lipinski definition) is 4. The van der Waals surface area contributed by atoms with Gasteiger partial charge in [0.25, 0.3) is 0 Å². The van der Waals surface area contributed by atoms with Crippen LogP contribution in [0.3, 0.4) is 0 Å². The molecule has 2 rings (SSSR count). The van der Waals surface area contributed by atoms with Gasteiger partial charge in [-0.05, 0) is 29.9 Å².